The number of carbonyl (C=O) groups is 1. The third-order valence-corrected chi connectivity index (χ3v) is 4.50. The lowest BCUT2D eigenvalue weighted by Crippen LogP contribution is -2.44. The average Bonchev–Trinajstić information content (AvgIpc) is 2.87. The Morgan fingerprint density at radius 1 is 1.31 bits per heavy atom. The number of aryl methyl sites for hydroxylation is 1. The molecule has 2 aromatic rings. The van der Waals surface area contributed by atoms with Crippen molar-refractivity contribution in [2.45, 2.75) is 39.5 Å². The zero-order valence-electron chi connectivity index (χ0n) is 15.8. The molecule has 3 rings (SSSR count). The Balaban J connectivity index is 1.68. The topological polar surface area (TPSA) is 76.4 Å². The summed E-state index contributed by atoms with van der Waals surface area (Å²) in [5.74, 6) is 2.52. The first-order valence-corrected chi connectivity index (χ1v) is 8.84. The first-order chi connectivity index (χ1) is 12.4. The van der Waals surface area contributed by atoms with E-state index in [4.69, 9.17) is 4.74 Å². The Labute approximate surface area is 153 Å². The largest absolute Gasteiger partial charge is 0.484 e. The first-order valence-electron chi connectivity index (χ1n) is 8.84. The number of nitrogens with zero attached hydrogens (tertiary/aromatic N) is 6. The minimum Gasteiger partial charge on any atom is -0.484 e. The van der Waals surface area contributed by atoms with Gasteiger partial charge in [-0.1, -0.05) is 0 Å². The van der Waals surface area contributed by atoms with Crippen LogP contribution in [0.2, 0.25) is 0 Å². The van der Waals surface area contributed by atoms with E-state index in [1.807, 2.05) is 43.0 Å². The summed E-state index contributed by atoms with van der Waals surface area (Å²) >= 11 is 0. The molecule has 0 saturated heterocycles. The second kappa shape index (κ2) is 7.82. The smallest absolute Gasteiger partial charge is 0.237 e. The Hall–Kier alpha value is -2.48. The van der Waals surface area contributed by atoms with Gasteiger partial charge in [-0.3, -0.25) is 9.78 Å². The highest BCUT2D eigenvalue weighted by atomic mass is 16.5. The van der Waals surface area contributed by atoms with Crippen LogP contribution in [0.3, 0.4) is 0 Å². The van der Waals surface area contributed by atoms with E-state index in [9.17, 15) is 4.79 Å². The fraction of sp³-hybridized carbons (Fsp3) is 0.556. The maximum atomic E-state index is 12.5. The monoisotopic (exact) mass is 358 g/mol. The van der Waals surface area contributed by atoms with E-state index >= 15 is 0 Å². The zero-order chi connectivity index (χ0) is 18.7. The van der Waals surface area contributed by atoms with E-state index in [0.717, 1.165) is 17.3 Å². The molecule has 0 bridgehead atoms. The molecule has 1 amide bonds. The molecule has 3 heterocycles. The molecule has 0 aliphatic carbocycles. The fourth-order valence-corrected chi connectivity index (χ4v) is 3.11. The van der Waals surface area contributed by atoms with Crippen LogP contribution in [0.4, 0.5) is 0 Å². The second-order valence-corrected chi connectivity index (χ2v) is 6.99. The molecule has 8 heteroatoms. The molecular weight excluding hydrogens is 332 g/mol. The molecule has 0 aromatic carbocycles. The predicted octanol–water partition coefficient (Wildman–Crippen LogP) is 0.895. The molecule has 8 nitrogen and oxygen atoms in total. The number of amides is 1. The minimum absolute atomic E-state index is 0.1000. The third kappa shape index (κ3) is 4.19. The van der Waals surface area contributed by atoms with Gasteiger partial charge in [-0.2, -0.15) is 0 Å². The van der Waals surface area contributed by atoms with Crippen LogP contribution in [-0.4, -0.2) is 68.7 Å². The lowest BCUT2D eigenvalue weighted by atomic mass is 10.2. The van der Waals surface area contributed by atoms with E-state index in [1.165, 1.54) is 0 Å². The molecule has 140 valence electrons. The lowest BCUT2D eigenvalue weighted by molar-refractivity contribution is -0.133. The summed E-state index contributed by atoms with van der Waals surface area (Å²) in [6.45, 7) is 6.08. The highest BCUT2D eigenvalue weighted by Gasteiger charge is 2.27. The van der Waals surface area contributed by atoms with Gasteiger partial charge in [0.25, 0.3) is 0 Å². The van der Waals surface area contributed by atoms with Gasteiger partial charge in [0.05, 0.1) is 12.7 Å². The van der Waals surface area contributed by atoms with Crippen LogP contribution in [0.5, 0.6) is 5.75 Å². The van der Waals surface area contributed by atoms with Crippen molar-refractivity contribution in [2.75, 3.05) is 27.2 Å². The maximum absolute atomic E-state index is 12.5. The SMILES string of the molecule is Cc1ccc(OCc2nnc3n2CCN(C(=O)CN(C)C)C(C)C3)cn1. The summed E-state index contributed by atoms with van der Waals surface area (Å²) < 4.78 is 7.86. The number of pyridine rings is 1. The summed E-state index contributed by atoms with van der Waals surface area (Å²) in [6.07, 6.45) is 2.40. The summed E-state index contributed by atoms with van der Waals surface area (Å²) in [6, 6.07) is 3.91. The number of carbonyl (C=O) groups excluding carboxylic acids is 1. The standard InChI is InChI=1S/C18H26N6O2/c1-13-5-6-15(10-19-13)26-12-17-21-20-16-9-14(2)23(7-8-24(16)17)18(25)11-22(3)4/h5-6,10,14H,7-9,11-12H2,1-4H3. The van der Waals surface area contributed by atoms with Gasteiger partial charge >= 0.3 is 0 Å². The van der Waals surface area contributed by atoms with Crippen molar-refractivity contribution in [3.63, 3.8) is 0 Å². The van der Waals surface area contributed by atoms with Gasteiger partial charge in [-0.25, -0.2) is 0 Å². The molecule has 1 aliphatic rings. The summed E-state index contributed by atoms with van der Waals surface area (Å²) in [5, 5.41) is 8.60. The van der Waals surface area contributed by atoms with Crippen molar-refractivity contribution in [3.8, 4) is 5.75 Å². The van der Waals surface area contributed by atoms with Gasteiger partial charge < -0.3 is 19.1 Å². The number of fused-ring (bicyclic) bond motifs is 1. The number of likely N-dealkylation sites (N-methyl/N-ethyl adjacent to an activating group) is 1. The highest BCUT2D eigenvalue weighted by Crippen LogP contribution is 2.17. The molecule has 26 heavy (non-hydrogen) atoms. The molecule has 1 aliphatic heterocycles. The minimum atomic E-state index is 0.1000. The maximum Gasteiger partial charge on any atom is 0.237 e. The predicted molar refractivity (Wildman–Crippen MR) is 96.8 cm³/mol. The molecule has 2 aromatic heterocycles. The summed E-state index contributed by atoms with van der Waals surface area (Å²) in [7, 11) is 3.81. The van der Waals surface area contributed by atoms with E-state index < -0.39 is 0 Å². The quantitative estimate of drug-likeness (QED) is 0.790. The van der Waals surface area contributed by atoms with Crippen LogP contribution in [-0.2, 0) is 24.4 Å². The zero-order valence-corrected chi connectivity index (χ0v) is 15.8. The van der Waals surface area contributed by atoms with E-state index in [2.05, 4.69) is 26.7 Å². The Bertz CT molecular complexity index is 756. The number of aromatic nitrogens is 4. The molecule has 0 saturated carbocycles. The average molecular weight is 358 g/mol. The van der Waals surface area contributed by atoms with Crippen LogP contribution in [0.15, 0.2) is 18.3 Å². The van der Waals surface area contributed by atoms with Gasteiger partial charge in [0.2, 0.25) is 5.91 Å². The Morgan fingerprint density at radius 2 is 2.12 bits per heavy atom. The van der Waals surface area contributed by atoms with Crippen LogP contribution >= 0.6 is 0 Å². The van der Waals surface area contributed by atoms with Crippen LogP contribution in [0, 0.1) is 6.92 Å². The van der Waals surface area contributed by atoms with Gasteiger partial charge in [-0.15, -0.1) is 10.2 Å². The number of rotatable bonds is 5. The van der Waals surface area contributed by atoms with Crippen molar-refractivity contribution >= 4 is 5.91 Å². The molecular formula is C18H26N6O2. The number of hydrogen-bond donors (Lipinski definition) is 0. The van der Waals surface area contributed by atoms with Crippen molar-refractivity contribution in [1.29, 1.82) is 0 Å². The Kier molecular flexibility index (Phi) is 5.51. The number of hydrogen-bond acceptors (Lipinski definition) is 6. The van der Waals surface area contributed by atoms with Crippen LogP contribution < -0.4 is 4.74 Å². The molecule has 0 fully saturated rings. The molecule has 0 radical (unpaired) electrons. The van der Waals surface area contributed by atoms with Crippen molar-refractivity contribution in [2.24, 2.45) is 0 Å². The number of ether oxygens (including phenoxy) is 1. The molecule has 0 spiro atoms. The highest BCUT2D eigenvalue weighted by molar-refractivity contribution is 5.78. The van der Waals surface area contributed by atoms with Gasteiger partial charge in [0, 0.05) is 31.2 Å². The van der Waals surface area contributed by atoms with Crippen molar-refractivity contribution in [1.82, 2.24) is 29.5 Å². The van der Waals surface area contributed by atoms with Gasteiger partial charge in [-0.05, 0) is 40.1 Å². The summed E-state index contributed by atoms with van der Waals surface area (Å²) in [4.78, 5) is 20.5. The van der Waals surface area contributed by atoms with E-state index in [1.54, 1.807) is 6.20 Å². The lowest BCUT2D eigenvalue weighted by Gasteiger charge is -2.28. The third-order valence-electron chi connectivity index (χ3n) is 4.50. The van der Waals surface area contributed by atoms with Crippen LogP contribution in [0.1, 0.15) is 24.3 Å². The van der Waals surface area contributed by atoms with Gasteiger partial charge in [0.15, 0.2) is 5.82 Å². The first kappa shape index (κ1) is 18.3. The molecule has 1 atom stereocenters. The molecule has 0 N–H and O–H groups in total. The second-order valence-electron chi connectivity index (χ2n) is 6.99. The Morgan fingerprint density at radius 3 is 2.81 bits per heavy atom. The van der Waals surface area contributed by atoms with Crippen LogP contribution in [0.25, 0.3) is 0 Å². The van der Waals surface area contributed by atoms with Crippen molar-refractivity contribution < 1.29 is 9.53 Å². The van der Waals surface area contributed by atoms with Crippen molar-refractivity contribution in [3.05, 3.63) is 35.7 Å². The van der Waals surface area contributed by atoms with Gasteiger partial charge in [0.1, 0.15) is 18.2 Å². The molecule has 1 unspecified atom stereocenters. The van der Waals surface area contributed by atoms with E-state index in [0.29, 0.717) is 38.4 Å². The summed E-state index contributed by atoms with van der Waals surface area (Å²) in [5.41, 5.74) is 0.949. The normalized spacial score (nSPS) is 17.1. The van der Waals surface area contributed by atoms with E-state index in [-0.39, 0.29) is 11.9 Å². The fourth-order valence-electron chi connectivity index (χ4n) is 3.11.